The molecule has 6 heteroatoms. The summed E-state index contributed by atoms with van der Waals surface area (Å²) in [5.41, 5.74) is -0.692. The zero-order valence-corrected chi connectivity index (χ0v) is 11.9. The summed E-state index contributed by atoms with van der Waals surface area (Å²) < 4.78 is 0. The molecule has 5 nitrogen and oxygen atoms in total. The second kappa shape index (κ2) is 7.55. The van der Waals surface area contributed by atoms with Crippen molar-refractivity contribution in [2.45, 2.75) is 39.3 Å². The normalized spacial score (nSPS) is 13.0. The molecule has 1 atom stereocenters. The Morgan fingerprint density at radius 1 is 1.24 bits per heavy atom. The van der Waals surface area contributed by atoms with Crippen molar-refractivity contribution in [3.63, 3.8) is 0 Å². The average molecular weight is 261 g/mol. The Kier molecular flexibility index (Phi) is 7.22. The van der Waals surface area contributed by atoms with Gasteiger partial charge in [-0.25, -0.2) is 0 Å². The Balaban J connectivity index is 4.47. The summed E-state index contributed by atoms with van der Waals surface area (Å²) in [5.74, 6) is -0.132. The molecule has 0 aliphatic rings. The number of carbonyl (C=O) groups excluding carboxylic acids is 2. The van der Waals surface area contributed by atoms with Gasteiger partial charge >= 0.3 is 0 Å². The van der Waals surface area contributed by atoms with Gasteiger partial charge in [-0.3, -0.25) is 9.59 Å². The SMILES string of the molecule is CCNC(=O)[C@@H](CS)NC(=O)C(C)(C)NCC. The van der Waals surface area contributed by atoms with Crippen LogP contribution in [0.25, 0.3) is 0 Å². The van der Waals surface area contributed by atoms with Crippen molar-refractivity contribution in [1.29, 1.82) is 0 Å². The summed E-state index contributed by atoms with van der Waals surface area (Å²) in [6.07, 6.45) is 0. The van der Waals surface area contributed by atoms with Gasteiger partial charge in [-0.2, -0.15) is 12.6 Å². The Hall–Kier alpha value is -0.750. The van der Waals surface area contributed by atoms with E-state index in [1.807, 2.05) is 13.8 Å². The maximum Gasteiger partial charge on any atom is 0.243 e. The minimum absolute atomic E-state index is 0.204. The van der Waals surface area contributed by atoms with Gasteiger partial charge in [-0.1, -0.05) is 6.92 Å². The molecule has 0 aliphatic carbocycles. The van der Waals surface area contributed by atoms with Gasteiger partial charge in [0.1, 0.15) is 6.04 Å². The standard InChI is InChI=1S/C11H23N3O2S/c1-5-12-9(15)8(7-17)14-10(16)11(3,4)13-6-2/h8,13,17H,5-7H2,1-4H3,(H,12,15)(H,14,16)/t8-/m1/s1. The zero-order chi connectivity index (χ0) is 13.5. The van der Waals surface area contributed by atoms with E-state index in [-0.39, 0.29) is 17.6 Å². The Morgan fingerprint density at radius 3 is 2.24 bits per heavy atom. The summed E-state index contributed by atoms with van der Waals surface area (Å²) in [5, 5.41) is 8.40. The van der Waals surface area contributed by atoms with E-state index in [4.69, 9.17) is 0 Å². The van der Waals surface area contributed by atoms with Crippen molar-refractivity contribution in [2.24, 2.45) is 0 Å². The number of amides is 2. The number of thiol groups is 1. The Bertz CT molecular complexity index is 269. The highest BCUT2D eigenvalue weighted by Crippen LogP contribution is 2.03. The minimum atomic E-state index is -0.692. The maximum absolute atomic E-state index is 11.9. The zero-order valence-electron chi connectivity index (χ0n) is 11.0. The van der Waals surface area contributed by atoms with E-state index in [9.17, 15) is 9.59 Å². The number of nitrogens with one attached hydrogen (secondary N) is 3. The summed E-state index contributed by atoms with van der Waals surface area (Å²) >= 11 is 4.07. The van der Waals surface area contributed by atoms with Gasteiger partial charge in [0.05, 0.1) is 5.54 Å². The Labute approximate surface area is 109 Å². The lowest BCUT2D eigenvalue weighted by Crippen LogP contribution is -2.58. The minimum Gasteiger partial charge on any atom is -0.355 e. The highest BCUT2D eigenvalue weighted by Gasteiger charge is 2.29. The van der Waals surface area contributed by atoms with E-state index in [1.54, 1.807) is 13.8 Å². The fraction of sp³-hybridized carbons (Fsp3) is 0.818. The Morgan fingerprint density at radius 2 is 1.82 bits per heavy atom. The first-order valence-corrected chi connectivity index (χ1v) is 6.46. The molecule has 0 saturated carbocycles. The van der Waals surface area contributed by atoms with Crippen LogP contribution in [0.3, 0.4) is 0 Å². The average Bonchev–Trinajstić information content (AvgIpc) is 2.25. The van der Waals surface area contributed by atoms with Gasteiger partial charge in [0.15, 0.2) is 0 Å². The summed E-state index contributed by atoms with van der Waals surface area (Å²) in [6, 6.07) is -0.594. The van der Waals surface area contributed by atoms with Crippen LogP contribution in [0.5, 0.6) is 0 Å². The smallest absolute Gasteiger partial charge is 0.243 e. The largest absolute Gasteiger partial charge is 0.355 e. The van der Waals surface area contributed by atoms with Gasteiger partial charge in [0, 0.05) is 12.3 Å². The third kappa shape index (κ3) is 5.41. The summed E-state index contributed by atoms with van der Waals surface area (Å²) in [7, 11) is 0. The van der Waals surface area contributed by atoms with E-state index in [1.165, 1.54) is 0 Å². The molecule has 0 fully saturated rings. The lowest BCUT2D eigenvalue weighted by atomic mass is 10.0. The molecule has 0 rings (SSSR count). The predicted molar refractivity (Wildman–Crippen MR) is 72.2 cm³/mol. The van der Waals surface area contributed by atoms with Gasteiger partial charge < -0.3 is 16.0 Å². The van der Waals surface area contributed by atoms with Crippen LogP contribution in [0.2, 0.25) is 0 Å². The predicted octanol–water partition coefficient (Wildman–Crippen LogP) is -0.0748. The quantitative estimate of drug-likeness (QED) is 0.485. The monoisotopic (exact) mass is 261 g/mol. The molecule has 0 aliphatic heterocycles. The first-order chi connectivity index (χ1) is 7.88. The number of likely N-dealkylation sites (N-methyl/N-ethyl adjacent to an activating group) is 2. The second-order valence-electron chi connectivity index (χ2n) is 4.26. The molecule has 0 aromatic rings. The fourth-order valence-electron chi connectivity index (χ4n) is 1.35. The highest BCUT2D eigenvalue weighted by molar-refractivity contribution is 7.80. The van der Waals surface area contributed by atoms with Gasteiger partial charge in [-0.15, -0.1) is 0 Å². The molecular formula is C11H23N3O2S. The van der Waals surface area contributed by atoms with Gasteiger partial charge in [-0.05, 0) is 27.3 Å². The van der Waals surface area contributed by atoms with E-state index >= 15 is 0 Å². The van der Waals surface area contributed by atoms with Crippen LogP contribution in [-0.2, 0) is 9.59 Å². The molecule has 0 aromatic heterocycles. The van der Waals surface area contributed by atoms with Crippen LogP contribution in [0.4, 0.5) is 0 Å². The molecule has 100 valence electrons. The molecule has 0 heterocycles. The topological polar surface area (TPSA) is 70.2 Å². The fourth-order valence-corrected chi connectivity index (χ4v) is 1.61. The molecule has 2 amide bonds. The molecule has 17 heavy (non-hydrogen) atoms. The van der Waals surface area contributed by atoms with Crippen molar-refractivity contribution in [2.75, 3.05) is 18.8 Å². The lowest BCUT2D eigenvalue weighted by molar-refractivity contribution is -0.131. The molecule has 0 aromatic carbocycles. The highest BCUT2D eigenvalue weighted by atomic mass is 32.1. The van der Waals surface area contributed by atoms with Crippen molar-refractivity contribution in [3.8, 4) is 0 Å². The summed E-state index contributed by atoms with van der Waals surface area (Å²) in [6.45, 7) is 8.54. The number of hydrogen-bond acceptors (Lipinski definition) is 4. The van der Waals surface area contributed by atoms with Gasteiger partial charge in [0.2, 0.25) is 11.8 Å². The number of hydrogen-bond donors (Lipinski definition) is 4. The van der Waals surface area contributed by atoms with Crippen LogP contribution in [-0.4, -0.2) is 42.2 Å². The van der Waals surface area contributed by atoms with E-state index in [0.717, 1.165) is 0 Å². The molecular weight excluding hydrogens is 238 g/mol. The van der Waals surface area contributed by atoms with E-state index < -0.39 is 11.6 Å². The van der Waals surface area contributed by atoms with E-state index in [0.29, 0.717) is 13.1 Å². The molecule has 0 radical (unpaired) electrons. The molecule has 3 N–H and O–H groups in total. The maximum atomic E-state index is 11.9. The molecule has 0 saturated heterocycles. The third-order valence-electron chi connectivity index (χ3n) is 2.34. The summed E-state index contributed by atoms with van der Waals surface area (Å²) in [4.78, 5) is 23.5. The first kappa shape index (κ1) is 16.2. The van der Waals surface area contributed by atoms with Crippen molar-refractivity contribution in [1.82, 2.24) is 16.0 Å². The van der Waals surface area contributed by atoms with Crippen LogP contribution in [0, 0.1) is 0 Å². The third-order valence-corrected chi connectivity index (χ3v) is 2.71. The van der Waals surface area contributed by atoms with Crippen LogP contribution >= 0.6 is 12.6 Å². The molecule has 0 spiro atoms. The van der Waals surface area contributed by atoms with Crippen LogP contribution < -0.4 is 16.0 Å². The molecule has 0 bridgehead atoms. The van der Waals surface area contributed by atoms with Crippen molar-refractivity contribution in [3.05, 3.63) is 0 Å². The second-order valence-corrected chi connectivity index (χ2v) is 4.62. The molecule has 0 unspecified atom stereocenters. The van der Waals surface area contributed by atoms with Crippen LogP contribution in [0.1, 0.15) is 27.7 Å². The van der Waals surface area contributed by atoms with Crippen LogP contribution in [0.15, 0.2) is 0 Å². The first-order valence-electron chi connectivity index (χ1n) is 5.83. The number of carbonyl (C=O) groups is 2. The van der Waals surface area contributed by atoms with Crippen molar-refractivity contribution >= 4 is 24.4 Å². The number of rotatable bonds is 7. The lowest BCUT2D eigenvalue weighted by Gasteiger charge is -2.27. The van der Waals surface area contributed by atoms with E-state index in [2.05, 4.69) is 28.6 Å². The van der Waals surface area contributed by atoms with Gasteiger partial charge in [0.25, 0.3) is 0 Å². The van der Waals surface area contributed by atoms with Crippen molar-refractivity contribution < 1.29 is 9.59 Å².